The Morgan fingerprint density at radius 1 is 1.00 bits per heavy atom. The van der Waals surface area contributed by atoms with Gasteiger partial charge in [-0.15, -0.1) is 0 Å². The molecule has 0 bridgehead atoms. The molecule has 0 saturated heterocycles. The maximum atomic E-state index is 10.0. The van der Waals surface area contributed by atoms with E-state index >= 15 is 0 Å². The van der Waals surface area contributed by atoms with Crippen LogP contribution in [0.4, 0.5) is 0 Å². The first-order valence-corrected chi connectivity index (χ1v) is 6.12. The maximum Gasteiger partial charge on any atom is 0.303 e. The minimum absolute atomic E-state index is 0.337. The van der Waals surface area contributed by atoms with Gasteiger partial charge < -0.3 is 15.3 Å². The highest BCUT2D eigenvalue weighted by Gasteiger charge is 1.94. The van der Waals surface area contributed by atoms with Crippen molar-refractivity contribution in [2.24, 2.45) is 0 Å². The fraction of sp³-hybridized carbons (Fsp3) is 0.917. The van der Waals surface area contributed by atoms with Gasteiger partial charge in [0.15, 0.2) is 6.29 Å². The predicted octanol–water partition coefficient (Wildman–Crippen LogP) is 2.53. The molecule has 4 heteroatoms. The van der Waals surface area contributed by atoms with Gasteiger partial charge >= 0.3 is 5.97 Å². The number of aliphatic hydroxyl groups excluding tert-OH is 1. The molecule has 0 aromatic heterocycles. The summed E-state index contributed by atoms with van der Waals surface area (Å²) in [4.78, 5) is 10.0. The zero-order valence-corrected chi connectivity index (χ0v) is 10.5. The molecule has 0 aliphatic heterocycles. The van der Waals surface area contributed by atoms with E-state index in [1.165, 1.54) is 19.3 Å². The topological polar surface area (TPSA) is 77.8 Å². The quantitative estimate of drug-likeness (QED) is 0.445. The van der Waals surface area contributed by atoms with E-state index in [-0.39, 0.29) is 0 Å². The molecule has 98 valence electrons. The van der Waals surface area contributed by atoms with Gasteiger partial charge in [-0.2, -0.15) is 0 Å². The third-order valence-corrected chi connectivity index (χ3v) is 2.04. The molecule has 0 heterocycles. The van der Waals surface area contributed by atoms with Crippen molar-refractivity contribution in [3.63, 3.8) is 0 Å². The number of aliphatic carboxylic acids is 1. The summed E-state index contributed by atoms with van der Waals surface area (Å²) < 4.78 is 0. The number of hydrogen-bond acceptors (Lipinski definition) is 3. The van der Waals surface area contributed by atoms with Gasteiger partial charge in [0.2, 0.25) is 0 Å². The van der Waals surface area contributed by atoms with Gasteiger partial charge in [-0.3, -0.25) is 4.79 Å². The Morgan fingerprint density at radius 2 is 1.56 bits per heavy atom. The average Bonchev–Trinajstić information content (AvgIpc) is 2.17. The highest BCUT2D eigenvalue weighted by molar-refractivity contribution is 5.66. The van der Waals surface area contributed by atoms with Gasteiger partial charge in [-0.05, 0) is 12.8 Å². The molecule has 3 N–H and O–H groups in total. The van der Waals surface area contributed by atoms with Gasteiger partial charge in [0, 0.05) is 6.42 Å². The molecule has 0 rings (SSSR count). The number of hydrogen-bond donors (Lipinski definition) is 3. The van der Waals surface area contributed by atoms with Crippen molar-refractivity contribution in [1.29, 1.82) is 0 Å². The van der Waals surface area contributed by atoms with Crippen molar-refractivity contribution < 1.29 is 20.1 Å². The number of carboxylic acids is 1. The second kappa shape index (κ2) is 14.4. The van der Waals surface area contributed by atoms with Crippen LogP contribution in [0.15, 0.2) is 0 Å². The summed E-state index contributed by atoms with van der Waals surface area (Å²) in [6.07, 6.45) is 6.10. The van der Waals surface area contributed by atoms with Gasteiger partial charge in [0.25, 0.3) is 0 Å². The standard InChI is InChI=1S/C8H16O2.C4H10O2/c1-2-3-4-5-6-7-8(9)10;1-2-3-4(5)6/h2-7H2,1H3,(H,9,10);4-6H,2-3H2,1H3. The van der Waals surface area contributed by atoms with Crippen molar-refractivity contribution >= 4 is 5.97 Å². The third kappa shape index (κ3) is 23.3. The van der Waals surface area contributed by atoms with Crippen molar-refractivity contribution in [1.82, 2.24) is 0 Å². The first-order chi connectivity index (χ1) is 7.54. The summed E-state index contributed by atoms with van der Waals surface area (Å²) in [5, 5.41) is 24.5. The van der Waals surface area contributed by atoms with Crippen molar-refractivity contribution in [3.8, 4) is 0 Å². The van der Waals surface area contributed by atoms with Crippen LogP contribution < -0.4 is 0 Å². The summed E-state index contributed by atoms with van der Waals surface area (Å²) in [6.45, 7) is 4.05. The van der Waals surface area contributed by atoms with E-state index in [0.717, 1.165) is 19.3 Å². The third-order valence-electron chi connectivity index (χ3n) is 2.04. The van der Waals surface area contributed by atoms with Crippen molar-refractivity contribution in [3.05, 3.63) is 0 Å². The van der Waals surface area contributed by atoms with E-state index in [9.17, 15) is 4.79 Å². The van der Waals surface area contributed by atoms with E-state index in [1.54, 1.807) is 0 Å². The summed E-state index contributed by atoms with van der Waals surface area (Å²) in [7, 11) is 0. The van der Waals surface area contributed by atoms with Crippen LogP contribution in [0, 0.1) is 0 Å². The Labute approximate surface area is 98.3 Å². The molecule has 0 amide bonds. The van der Waals surface area contributed by atoms with Crippen molar-refractivity contribution in [2.45, 2.75) is 71.5 Å². The zero-order valence-electron chi connectivity index (χ0n) is 10.5. The molecule has 0 aromatic rings. The average molecular weight is 234 g/mol. The lowest BCUT2D eigenvalue weighted by Crippen LogP contribution is -2.01. The van der Waals surface area contributed by atoms with Crippen LogP contribution in [0.25, 0.3) is 0 Å². The number of aliphatic hydroxyl groups is 2. The Hall–Kier alpha value is -0.610. The van der Waals surface area contributed by atoms with Gasteiger partial charge in [0.1, 0.15) is 0 Å². The Bertz CT molecular complexity index is 146. The lowest BCUT2D eigenvalue weighted by atomic mass is 10.1. The van der Waals surface area contributed by atoms with Crippen LogP contribution in [0.5, 0.6) is 0 Å². The van der Waals surface area contributed by atoms with Gasteiger partial charge in [-0.25, -0.2) is 0 Å². The molecular weight excluding hydrogens is 208 g/mol. The zero-order chi connectivity index (χ0) is 12.8. The van der Waals surface area contributed by atoms with Crippen LogP contribution in [0.1, 0.15) is 65.2 Å². The molecule has 0 spiro atoms. The number of carbonyl (C=O) groups is 1. The fourth-order valence-electron chi connectivity index (χ4n) is 1.14. The number of carboxylic acid groups (broad SMARTS) is 1. The summed E-state index contributed by atoms with van der Waals surface area (Å²) in [5.74, 6) is -0.670. The van der Waals surface area contributed by atoms with Crippen LogP contribution in [-0.2, 0) is 4.79 Å². The maximum absolute atomic E-state index is 10.0. The second-order valence-corrected chi connectivity index (χ2v) is 3.83. The molecule has 0 aromatic carbocycles. The fourth-order valence-corrected chi connectivity index (χ4v) is 1.14. The predicted molar refractivity (Wildman–Crippen MR) is 64.1 cm³/mol. The van der Waals surface area contributed by atoms with E-state index in [4.69, 9.17) is 15.3 Å². The largest absolute Gasteiger partial charge is 0.481 e. The van der Waals surface area contributed by atoms with Crippen LogP contribution in [0.3, 0.4) is 0 Å². The molecule has 0 atom stereocenters. The SMILES string of the molecule is CCCC(O)O.CCCCCCCC(=O)O. The van der Waals surface area contributed by atoms with E-state index in [2.05, 4.69) is 6.92 Å². The molecule has 0 aliphatic carbocycles. The first kappa shape index (κ1) is 17.8. The minimum atomic E-state index is -1.10. The summed E-state index contributed by atoms with van der Waals surface area (Å²) in [6, 6.07) is 0. The lowest BCUT2D eigenvalue weighted by molar-refractivity contribution is -0.137. The molecule has 0 aliphatic rings. The van der Waals surface area contributed by atoms with Crippen LogP contribution in [0.2, 0.25) is 0 Å². The molecule has 0 unspecified atom stereocenters. The molecule has 16 heavy (non-hydrogen) atoms. The monoisotopic (exact) mass is 234 g/mol. The van der Waals surface area contributed by atoms with Crippen LogP contribution >= 0.6 is 0 Å². The Morgan fingerprint density at radius 3 is 1.88 bits per heavy atom. The van der Waals surface area contributed by atoms with E-state index in [0.29, 0.717) is 12.8 Å². The number of rotatable bonds is 8. The smallest absolute Gasteiger partial charge is 0.303 e. The first-order valence-electron chi connectivity index (χ1n) is 6.12. The summed E-state index contributed by atoms with van der Waals surface area (Å²) >= 11 is 0. The van der Waals surface area contributed by atoms with E-state index in [1.807, 2.05) is 6.92 Å². The highest BCUT2D eigenvalue weighted by Crippen LogP contribution is 2.04. The van der Waals surface area contributed by atoms with Gasteiger partial charge in [0.05, 0.1) is 0 Å². The number of unbranched alkanes of at least 4 members (excludes halogenated alkanes) is 4. The Balaban J connectivity index is 0. The molecule has 4 nitrogen and oxygen atoms in total. The minimum Gasteiger partial charge on any atom is -0.481 e. The normalized spacial score (nSPS) is 9.81. The van der Waals surface area contributed by atoms with Gasteiger partial charge in [-0.1, -0.05) is 46.0 Å². The van der Waals surface area contributed by atoms with Crippen molar-refractivity contribution in [2.75, 3.05) is 0 Å². The highest BCUT2D eigenvalue weighted by atomic mass is 16.5. The van der Waals surface area contributed by atoms with E-state index < -0.39 is 12.3 Å². The molecular formula is C12H26O4. The second-order valence-electron chi connectivity index (χ2n) is 3.83. The lowest BCUT2D eigenvalue weighted by Gasteiger charge is -1.95. The molecule has 0 saturated carbocycles. The summed E-state index contributed by atoms with van der Waals surface area (Å²) in [5.41, 5.74) is 0. The molecule has 0 radical (unpaired) electrons. The Kier molecular flexibility index (Phi) is 16.0. The molecule has 0 fully saturated rings. The van der Waals surface area contributed by atoms with Crippen LogP contribution in [-0.4, -0.2) is 27.6 Å².